The summed E-state index contributed by atoms with van der Waals surface area (Å²) in [4.78, 5) is 21.0. The number of rotatable bonds is 5. The molecule has 0 aromatic heterocycles. The van der Waals surface area contributed by atoms with Crippen LogP contribution in [0, 0.1) is 0 Å². The zero-order chi connectivity index (χ0) is 17.9. The lowest BCUT2D eigenvalue weighted by molar-refractivity contribution is -0.134. The van der Waals surface area contributed by atoms with E-state index < -0.39 is 11.9 Å². The lowest BCUT2D eigenvalue weighted by atomic mass is 10.2. The third-order valence-electron chi connectivity index (χ3n) is 2.65. The van der Waals surface area contributed by atoms with Crippen LogP contribution < -0.4 is 5.73 Å². The lowest BCUT2D eigenvalue weighted by Crippen LogP contribution is -1.97. The van der Waals surface area contributed by atoms with Crippen LogP contribution in [-0.2, 0) is 16.1 Å². The first-order valence-corrected chi connectivity index (χ1v) is 7.63. The summed E-state index contributed by atoms with van der Waals surface area (Å²) in [6, 6.07) is 15.3. The Bertz CT molecular complexity index is 714. The molecule has 0 aliphatic rings. The second-order valence-corrected chi connectivity index (χ2v) is 5.48. The van der Waals surface area contributed by atoms with E-state index in [4.69, 9.17) is 15.9 Å². The molecule has 0 saturated heterocycles. The van der Waals surface area contributed by atoms with Gasteiger partial charge < -0.3 is 21.1 Å². The van der Waals surface area contributed by atoms with E-state index in [1.807, 2.05) is 42.5 Å². The standard InChI is InChI=1S/C13H13NOS.C4H4O4/c14-9-10-5-1-3-7-12(10)16-13-8-4-2-6-11(13)15;5-3(6)1-2-4(7)8/h1-8,15H,9,14H2;1-2H,(H,5,6)(H,7,8). The van der Waals surface area contributed by atoms with Gasteiger partial charge >= 0.3 is 11.9 Å². The molecule has 2 aromatic carbocycles. The minimum absolute atomic E-state index is 0.305. The first kappa shape index (κ1) is 19.3. The number of hydrogen-bond acceptors (Lipinski definition) is 5. The molecule has 2 aromatic rings. The molecule has 5 N–H and O–H groups in total. The van der Waals surface area contributed by atoms with Crippen molar-refractivity contribution in [3.8, 4) is 5.75 Å². The SMILES string of the molecule is NCc1ccccc1Sc1ccccc1O.O=C(O)C=CC(=O)O. The highest BCUT2D eigenvalue weighted by atomic mass is 32.2. The molecular formula is C17H17NO5S. The van der Waals surface area contributed by atoms with Crippen LogP contribution in [0.1, 0.15) is 5.56 Å². The minimum Gasteiger partial charge on any atom is -0.507 e. The molecule has 0 amide bonds. The molecule has 0 atom stereocenters. The highest BCUT2D eigenvalue weighted by Gasteiger charge is 2.05. The Labute approximate surface area is 143 Å². The number of benzene rings is 2. The number of para-hydroxylation sites is 1. The molecule has 0 fully saturated rings. The van der Waals surface area contributed by atoms with Gasteiger partial charge in [-0.05, 0) is 23.8 Å². The Morgan fingerprint density at radius 3 is 1.92 bits per heavy atom. The summed E-state index contributed by atoms with van der Waals surface area (Å²) in [6.45, 7) is 0.511. The number of carboxylic acids is 2. The molecule has 0 heterocycles. The van der Waals surface area contributed by atoms with E-state index >= 15 is 0 Å². The third kappa shape index (κ3) is 6.99. The highest BCUT2D eigenvalue weighted by Crippen LogP contribution is 2.35. The van der Waals surface area contributed by atoms with Crippen molar-refractivity contribution in [2.75, 3.05) is 0 Å². The number of nitrogens with two attached hydrogens (primary N) is 1. The average Bonchev–Trinajstić information content (AvgIpc) is 2.56. The second-order valence-electron chi connectivity index (χ2n) is 4.39. The number of aliphatic carboxylic acids is 2. The molecule has 126 valence electrons. The Balaban J connectivity index is 0.000000307. The van der Waals surface area contributed by atoms with Crippen LogP contribution in [0.5, 0.6) is 5.75 Å². The first-order valence-electron chi connectivity index (χ1n) is 6.81. The predicted molar refractivity (Wildman–Crippen MR) is 91.0 cm³/mol. The fourth-order valence-corrected chi connectivity index (χ4v) is 2.56. The molecule has 6 nitrogen and oxygen atoms in total. The fourth-order valence-electron chi connectivity index (χ4n) is 1.58. The summed E-state index contributed by atoms with van der Waals surface area (Å²) in [7, 11) is 0. The summed E-state index contributed by atoms with van der Waals surface area (Å²) in [5, 5.41) is 25.3. The quantitative estimate of drug-likeness (QED) is 0.614. The van der Waals surface area contributed by atoms with Crippen molar-refractivity contribution in [2.24, 2.45) is 5.73 Å². The zero-order valence-corrected chi connectivity index (χ0v) is 13.4. The smallest absolute Gasteiger partial charge is 0.328 e. The topological polar surface area (TPSA) is 121 Å². The van der Waals surface area contributed by atoms with Crippen molar-refractivity contribution in [2.45, 2.75) is 16.3 Å². The summed E-state index contributed by atoms with van der Waals surface area (Å²) in [5.41, 5.74) is 6.76. The Kier molecular flexibility index (Phi) is 8.10. The molecular weight excluding hydrogens is 330 g/mol. The molecule has 2 rings (SSSR count). The van der Waals surface area contributed by atoms with Crippen LogP contribution in [0.15, 0.2) is 70.5 Å². The van der Waals surface area contributed by atoms with Crippen LogP contribution in [0.4, 0.5) is 0 Å². The van der Waals surface area contributed by atoms with E-state index in [-0.39, 0.29) is 0 Å². The number of hydrogen-bond donors (Lipinski definition) is 4. The van der Waals surface area contributed by atoms with E-state index in [0.717, 1.165) is 15.4 Å². The van der Waals surface area contributed by atoms with Gasteiger partial charge in [-0.3, -0.25) is 0 Å². The molecule has 0 unspecified atom stereocenters. The Morgan fingerprint density at radius 2 is 1.42 bits per heavy atom. The van der Waals surface area contributed by atoms with Gasteiger partial charge in [0.25, 0.3) is 0 Å². The van der Waals surface area contributed by atoms with Gasteiger partial charge in [0.1, 0.15) is 5.75 Å². The van der Waals surface area contributed by atoms with Crippen LogP contribution >= 0.6 is 11.8 Å². The molecule has 0 aliphatic heterocycles. The number of phenolic OH excluding ortho intramolecular Hbond substituents is 1. The maximum absolute atomic E-state index is 9.68. The maximum Gasteiger partial charge on any atom is 0.328 e. The number of aromatic hydroxyl groups is 1. The van der Waals surface area contributed by atoms with Crippen LogP contribution in [0.25, 0.3) is 0 Å². The van der Waals surface area contributed by atoms with Crippen molar-refractivity contribution in [3.63, 3.8) is 0 Å². The van der Waals surface area contributed by atoms with E-state index in [0.29, 0.717) is 24.4 Å². The summed E-state index contributed by atoms with van der Waals surface area (Å²) in [6.07, 6.45) is 1.12. The average molecular weight is 347 g/mol. The monoisotopic (exact) mass is 347 g/mol. The van der Waals surface area contributed by atoms with Crippen molar-refractivity contribution in [1.82, 2.24) is 0 Å². The molecule has 0 saturated carbocycles. The second kappa shape index (κ2) is 10.1. The number of carboxylic acid groups (broad SMARTS) is 2. The van der Waals surface area contributed by atoms with Gasteiger partial charge in [-0.15, -0.1) is 0 Å². The van der Waals surface area contributed by atoms with Gasteiger partial charge in [0.2, 0.25) is 0 Å². The van der Waals surface area contributed by atoms with Crippen molar-refractivity contribution >= 4 is 23.7 Å². The molecule has 0 spiro atoms. The van der Waals surface area contributed by atoms with E-state index in [2.05, 4.69) is 0 Å². The van der Waals surface area contributed by atoms with Crippen molar-refractivity contribution in [3.05, 3.63) is 66.2 Å². The summed E-state index contributed by atoms with van der Waals surface area (Å²) in [5.74, 6) is -2.21. The molecule has 24 heavy (non-hydrogen) atoms. The number of carbonyl (C=O) groups is 2. The number of phenols is 1. The van der Waals surface area contributed by atoms with Crippen LogP contribution in [-0.4, -0.2) is 27.3 Å². The Hall–Kier alpha value is -2.77. The lowest BCUT2D eigenvalue weighted by Gasteiger charge is -2.07. The van der Waals surface area contributed by atoms with E-state index in [9.17, 15) is 14.7 Å². The van der Waals surface area contributed by atoms with Gasteiger partial charge in [0.15, 0.2) is 0 Å². The predicted octanol–water partition coefficient (Wildman–Crippen LogP) is 2.71. The molecule has 0 bridgehead atoms. The van der Waals surface area contributed by atoms with Gasteiger partial charge in [-0.1, -0.05) is 42.1 Å². The van der Waals surface area contributed by atoms with E-state index in [1.54, 1.807) is 6.07 Å². The van der Waals surface area contributed by atoms with Crippen molar-refractivity contribution in [1.29, 1.82) is 0 Å². The summed E-state index contributed by atoms with van der Waals surface area (Å²) >= 11 is 1.54. The van der Waals surface area contributed by atoms with Gasteiger partial charge in [-0.25, -0.2) is 9.59 Å². The van der Waals surface area contributed by atoms with E-state index in [1.165, 1.54) is 11.8 Å². The molecule has 0 aliphatic carbocycles. The fraction of sp³-hybridized carbons (Fsp3) is 0.0588. The van der Waals surface area contributed by atoms with Crippen LogP contribution in [0.3, 0.4) is 0 Å². The first-order chi connectivity index (χ1) is 11.4. The third-order valence-corrected chi connectivity index (χ3v) is 3.83. The van der Waals surface area contributed by atoms with Gasteiger partial charge in [-0.2, -0.15) is 0 Å². The highest BCUT2D eigenvalue weighted by molar-refractivity contribution is 7.99. The molecule has 0 radical (unpaired) electrons. The largest absolute Gasteiger partial charge is 0.507 e. The van der Waals surface area contributed by atoms with Gasteiger partial charge in [0.05, 0.1) is 4.90 Å². The zero-order valence-electron chi connectivity index (χ0n) is 12.6. The minimum atomic E-state index is -1.26. The normalized spacial score (nSPS) is 10.0. The van der Waals surface area contributed by atoms with Crippen molar-refractivity contribution < 1.29 is 24.9 Å². The Morgan fingerprint density at radius 1 is 0.917 bits per heavy atom. The maximum atomic E-state index is 9.68. The summed E-state index contributed by atoms with van der Waals surface area (Å²) < 4.78 is 0. The van der Waals surface area contributed by atoms with Crippen LogP contribution in [0.2, 0.25) is 0 Å². The van der Waals surface area contributed by atoms with Gasteiger partial charge in [0, 0.05) is 23.6 Å². The molecule has 7 heteroatoms.